The first-order valence-corrected chi connectivity index (χ1v) is 6.83. The van der Waals surface area contributed by atoms with Crippen molar-refractivity contribution in [1.29, 1.82) is 0 Å². The predicted molar refractivity (Wildman–Crippen MR) is 80.8 cm³/mol. The Kier molecular flexibility index (Phi) is 3.84. The second kappa shape index (κ2) is 5.84. The number of rotatable bonds is 3. The van der Waals surface area contributed by atoms with Crippen LogP contribution in [0.5, 0.6) is 5.75 Å². The van der Waals surface area contributed by atoms with Gasteiger partial charge >= 0.3 is 12.3 Å². The minimum atomic E-state index is -4.83. The van der Waals surface area contributed by atoms with Gasteiger partial charge in [-0.1, -0.05) is 30.3 Å². The SMILES string of the molecule is O=C(O)c1cc(-c2ccccc2)nc2cc(OC(F)(F)F)ccc12. The number of hydrogen-bond acceptors (Lipinski definition) is 3. The number of pyridine rings is 1. The molecular formula is C17H10F3NO3. The summed E-state index contributed by atoms with van der Waals surface area (Å²) in [4.78, 5) is 15.7. The number of aromatic nitrogens is 1. The van der Waals surface area contributed by atoms with Crippen molar-refractivity contribution in [2.45, 2.75) is 6.36 Å². The van der Waals surface area contributed by atoms with Crippen LogP contribution in [0.1, 0.15) is 10.4 Å². The topological polar surface area (TPSA) is 59.4 Å². The van der Waals surface area contributed by atoms with Crippen LogP contribution in [-0.2, 0) is 0 Å². The number of alkyl halides is 3. The van der Waals surface area contributed by atoms with E-state index in [1.165, 1.54) is 12.1 Å². The Labute approximate surface area is 134 Å². The predicted octanol–water partition coefficient (Wildman–Crippen LogP) is 4.50. The van der Waals surface area contributed by atoms with Gasteiger partial charge in [0.2, 0.25) is 0 Å². The van der Waals surface area contributed by atoms with E-state index in [0.717, 1.165) is 12.1 Å². The molecule has 24 heavy (non-hydrogen) atoms. The van der Waals surface area contributed by atoms with E-state index < -0.39 is 18.1 Å². The van der Waals surface area contributed by atoms with Gasteiger partial charge in [-0.2, -0.15) is 0 Å². The van der Waals surface area contributed by atoms with E-state index in [4.69, 9.17) is 0 Å². The fraction of sp³-hybridized carbons (Fsp3) is 0.0588. The molecule has 3 aromatic rings. The highest BCUT2D eigenvalue weighted by Crippen LogP contribution is 2.30. The van der Waals surface area contributed by atoms with Crippen LogP contribution in [0.2, 0.25) is 0 Å². The first kappa shape index (κ1) is 15.8. The van der Waals surface area contributed by atoms with Gasteiger partial charge in [0.1, 0.15) is 5.75 Å². The highest BCUT2D eigenvalue weighted by molar-refractivity contribution is 6.04. The van der Waals surface area contributed by atoms with E-state index in [1.807, 2.05) is 0 Å². The quantitative estimate of drug-likeness (QED) is 0.767. The molecule has 0 saturated carbocycles. The summed E-state index contributed by atoms with van der Waals surface area (Å²) >= 11 is 0. The summed E-state index contributed by atoms with van der Waals surface area (Å²) in [5, 5.41) is 9.60. The summed E-state index contributed by atoms with van der Waals surface area (Å²) in [6, 6.07) is 13.5. The van der Waals surface area contributed by atoms with Crippen LogP contribution >= 0.6 is 0 Å². The Balaban J connectivity index is 2.19. The number of aromatic carboxylic acids is 1. The first-order chi connectivity index (χ1) is 11.3. The third-order valence-corrected chi connectivity index (χ3v) is 3.31. The van der Waals surface area contributed by atoms with Crippen LogP contribution in [0.3, 0.4) is 0 Å². The zero-order valence-corrected chi connectivity index (χ0v) is 12.0. The highest BCUT2D eigenvalue weighted by atomic mass is 19.4. The van der Waals surface area contributed by atoms with Crippen molar-refractivity contribution in [1.82, 2.24) is 4.98 Å². The average molecular weight is 333 g/mol. The van der Waals surface area contributed by atoms with Gasteiger partial charge in [0.05, 0.1) is 16.8 Å². The van der Waals surface area contributed by atoms with E-state index in [1.54, 1.807) is 30.3 Å². The third-order valence-electron chi connectivity index (χ3n) is 3.31. The highest BCUT2D eigenvalue weighted by Gasteiger charge is 2.31. The number of carboxylic acids is 1. The summed E-state index contributed by atoms with van der Waals surface area (Å²) < 4.78 is 40.9. The second-order valence-electron chi connectivity index (χ2n) is 4.95. The minimum Gasteiger partial charge on any atom is -0.478 e. The average Bonchev–Trinajstić information content (AvgIpc) is 2.52. The molecule has 3 rings (SSSR count). The van der Waals surface area contributed by atoms with E-state index >= 15 is 0 Å². The van der Waals surface area contributed by atoms with Crippen molar-refractivity contribution in [3.63, 3.8) is 0 Å². The molecule has 0 aliphatic rings. The fourth-order valence-electron chi connectivity index (χ4n) is 2.34. The summed E-state index contributed by atoms with van der Waals surface area (Å²) in [7, 11) is 0. The lowest BCUT2D eigenvalue weighted by Gasteiger charge is -2.11. The standard InChI is InChI=1S/C17H10F3NO3/c18-17(19,20)24-11-6-7-12-13(16(22)23)9-14(21-15(12)8-11)10-4-2-1-3-5-10/h1-9H,(H,22,23). The molecule has 0 bridgehead atoms. The number of hydrogen-bond donors (Lipinski definition) is 1. The van der Waals surface area contributed by atoms with Crippen molar-refractivity contribution >= 4 is 16.9 Å². The molecule has 7 heteroatoms. The zero-order chi connectivity index (χ0) is 17.3. The van der Waals surface area contributed by atoms with E-state index in [0.29, 0.717) is 11.3 Å². The van der Waals surface area contributed by atoms with Crippen LogP contribution in [-0.4, -0.2) is 22.4 Å². The lowest BCUT2D eigenvalue weighted by atomic mass is 10.0. The molecule has 4 nitrogen and oxygen atoms in total. The molecule has 1 heterocycles. The largest absolute Gasteiger partial charge is 0.573 e. The molecule has 0 aliphatic heterocycles. The number of ether oxygens (including phenoxy) is 1. The molecule has 2 aromatic carbocycles. The summed E-state index contributed by atoms with van der Waals surface area (Å²) in [5.41, 5.74) is 1.07. The maximum absolute atomic E-state index is 12.4. The maximum Gasteiger partial charge on any atom is 0.573 e. The number of benzene rings is 2. The Morgan fingerprint density at radius 3 is 2.38 bits per heavy atom. The fourth-order valence-corrected chi connectivity index (χ4v) is 2.34. The van der Waals surface area contributed by atoms with Gasteiger partial charge in [-0.05, 0) is 18.2 Å². The van der Waals surface area contributed by atoms with Crippen molar-refractivity contribution in [3.8, 4) is 17.0 Å². The summed E-state index contributed by atoms with van der Waals surface area (Å²) in [6.45, 7) is 0. The van der Waals surface area contributed by atoms with Crippen LogP contribution < -0.4 is 4.74 Å². The molecule has 0 aliphatic carbocycles. The molecule has 122 valence electrons. The Bertz CT molecular complexity index is 908. The normalized spacial score (nSPS) is 11.5. The molecule has 0 saturated heterocycles. The van der Waals surface area contributed by atoms with Crippen LogP contribution in [0.15, 0.2) is 54.6 Å². The molecule has 0 atom stereocenters. The van der Waals surface area contributed by atoms with E-state index in [9.17, 15) is 23.1 Å². The van der Waals surface area contributed by atoms with Gasteiger partial charge in [0.25, 0.3) is 0 Å². The van der Waals surface area contributed by atoms with Gasteiger partial charge in [0, 0.05) is 17.0 Å². The van der Waals surface area contributed by atoms with Crippen LogP contribution in [0.25, 0.3) is 22.2 Å². The Morgan fingerprint density at radius 2 is 1.75 bits per heavy atom. The number of halogens is 3. The lowest BCUT2D eigenvalue weighted by molar-refractivity contribution is -0.274. The Hall–Kier alpha value is -3.09. The first-order valence-electron chi connectivity index (χ1n) is 6.83. The second-order valence-corrected chi connectivity index (χ2v) is 4.95. The van der Waals surface area contributed by atoms with Gasteiger partial charge in [-0.15, -0.1) is 13.2 Å². The van der Waals surface area contributed by atoms with E-state index in [2.05, 4.69) is 9.72 Å². The molecule has 1 N–H and O–H groups in total. The molecule has 0 amide bonds. The maximum atomic E-state index is 12.4. The molecule has 0 radical (unpaired) electrons. The number of fused-ring (bicyclic) bond motifs is 1. The number of carbonyl (C=O) groups is 1. The van der Waals surface area contributed by atoms with Crippen LogP contribution in [0, 0.1) is 0 Å². The monoisotopic (exact) mass is 333 g/mol. The minimum absolute atomic E-state index is 0.0441. The smallest absolute Gasteiger partial charge is 0.478 e. The zero-order valence-electron chi connectivity index (χ0n) is 12.0. The van der Waals surface area contributed by atoms with Crippen molar-refractivity contribution in [2.24, 2.45) is 0 Å². The van der Waals surface area contributed by atoms with Crippen molar-refractivity contribution in [2.75, 3.05) is 0 Å². The van der Waals surface area contributed by atoms with Gasteiger partial charge in [-0.3, -0.25) is 0 Å². The number of carboxylic acid groups (broad SMARTS) is 1. The van der Waals surface area contributed by atoms with Crippen molar-refractivity contribution < 1.29 is 27.8 Å². The van der Waals surface area contributed by atoms with Crippen LogP contribution in [0.4, 0.5) is 13.2 Å². The molecular weight excluding hydrogens is 323 g/mol. The Morgan fingerprint density at radius 1 is 1.04 bits per heavy atom. The van der Waals surface area contributed by atoms with E-state index in [-0.39, 0.29) is 16.5 Å². The molecule has 0 fully saturated rings. The molecule has 0 spiro atoms. The summed E-state index contributed by atoms with van der Waals surface area (Å²) in [5.74, 6) is -1.65. The molecule has 0 unspecified atom stereocenters. The molecule has 1 aromatic heterocycles. The van der Waals surface area contributed by atoms with Gasteiger partial charge in [-0.25, -0.2) is 9.78 Å². The van der Waals surface area contributed by atoms with Gasteiger partial charge < -0.3 is 9.84 Å². The third kappa shape index (κ3) is 3.29. The lowest BCUT2D eigenvalue weighted by Crippen LogP contribution is -2.17. The number of nitrogens with zero attached hydrogens (tertiary/aromatic N) is 1. The van der Waals surface area contributed by atoms with Crippen molar-refractivity contribution in [3.05, 3.63) is 60.2 Å². The van der Waals surface area contributed by atoms with Gasteiger partial charge in [0.15, 0.2) is 0 Å². The summed E-state index contributed by atoms with van der Waals surface area (Å²) in [6.07, 6.45) is -4.83.